The molecule has 5 heteroatoms. The number of benzene rings is 1. The van der Waals surface area contributed by atoms with Crippen LogP contribution in [0.15, 0.2) is 24.3 Å². The minimum Gasteiger partial charge on any atom is -0.493 e. The Balaban J connectivity index is 2.18. The van der Waals surface area contributed by atoms with Gasteiger partial charge in [-0.2, -0.15) is 0 Å². The maximum Gasteiger partial charge on any atom is 0.328 e. The van der Waals surface area contributed by atoms with Crippen molar-refractivity contribution in [3.05, 3.63) is 29.8 Å². The van der Waals surface area contributed by atoms with Crippen molar-refractivity contribution in [3.8, 4) is 11.5 Å². The van der Waals surface area contributed by atoms with Crippen molar-refractivity contribution < 1.29 is 19.0 Å². The molecule has 0 bridgehead atoms. The van der Waals surface area contributed by atoms with Crippen LogP contribution in [0.3, 0.4) is 0 Å². The number of hydrogen-bond donors (Lipinski definition) is 1. The number of carbonyl (C=O) groups excluding carboxylic acids is 1. The standard InChI is InChI=1S/C14H17NO4/c1-17-12-7-4-9(8-13(12)18-2)10-5-6-11(15-10)14(16)19-3/h4-5,7-8,11,15H,6H2,1-3H3. The van der Waals surface area contributed by atoms with E-state index in [0.29, 0.717) is 17.9 Å². The Hall–Kier alpha value is -2.17. The van der Waals surface area contributed by atoms with Gasteiger partial charge in [0, 0.05) is 11.3 Å². The molecule has 0 aliphatic carbocycles. The van der Waals surface area contributed by atoms with Gasteiger partial charge in [0.25, 0.3) is 0 Å². The quantitative estimate of drug-likeness (QED) is 0.836. The Bertz CT molecular complexity index is 510. The molecule has 1 aliphatic heterocycles. The molecule has 19 heavy (non-hydrogen) atoms. The summed E-state index contributed by atoms with van der Waals surface area (Å²) in [6, 6.07) is 5.31. The largest absolute Gasteiger partial charge is 0.493 e. The van der Waals surface area contributed by atoms with E-state index in [-0.39, 0.29) is 12.0 Å². The van der Waals surface area contributed by atoms with E-state index in [1.807, 2.05) is 24.3 Å². The fourth-order valence-electron chi connectivity index (χ4n) is 2.04. The monoisotopic (exact) mass is 263 g/mol. The molecule has 0 aromatic heterocycles. The van der Waals surface area contributed by atoms with Crippen LogP contribution in [0, 0.1) is 0 Å². The van der Waals surface area contributed by atoms with Crippen molar-refractivity contribution >= 4 is 11.7 Å². The average Bonchev–Trinajstić information content (AvgIpc) is 2.95. The van der Waals surface area contributed by atoms with Gasteiger partial charge in [-0.25, -0.2) is 4.79 Å². The summed E-state index contributed by atoms with van der Waals surface area (Å²) in [7, 11) is 4.58. The lowest BCUT2D eigenvalue weighted by atomic mass is 10.1. The highest BCUT2D eigenvalue weighted by atomic mass is 16.5. The molecule has 0 amide bonds. The molecule has 5 nitrogen and oxygen atoms in total. The first-order chi connectivity index (χ1) is 9.19. The Kier molecular flexibility index (Phi) is 3.94. The second-order valence-corrected chi connectivity index (χ2v) is 4.14. The summed E-state index contributed by atoms with van der Waals surface area (Å²) in [6.07, 6.45) is 2.60. The highest BCUT2D eigenvalue weighted by molar-refractivity contribution is 5.82. The molecule has 1 atom stereocenters. The number of hydrogen-bond acceptors (Lipinski definition) is 5. The van der Waals surface area contributed by atoms with Crippen LogP contribution in [0.1, 0.15) is 12.0 Å². The molecule has 0 spiro atoms. The first kappa shape index (κ1) is 13.3. The van der Waals surface area contributed by atoms with Gasteiger partial charge in [0.15, 0.2) is 11.5 Å². The lowest BCUT2D eigenvalue weighted by Crippen LogP contribution is -2.32. The molecule has 1 aromatic rings. The molecule has 1 aromatic carbocycles. The molecular formula is C14H17NO4. The van der Waals surface area contributed by atoms with Gasteiger partial charge < -0.3 is 19.5 Å². The van der Waals surface area contributed by atoms with E-state index in [0.717, 1.165) is 11.3 Å². The van der Waals surface area contributed by atoms with Gasteiger partial charge in [0.1, 0.15) is 6.04 Å². The van der Waals surface area contributed by atoms with E-state index in [4.69, 9.17) is 14.2 Å². The van der Waals surface area contributed by atoms with Crippen molar-refractivity contribution in [1.82, 2.24) is 5.32 Å². The van der Waals surface area contributed by atoms with E-state index in [9.17, 15) is 4.79 Å². The van der Waals surface area contributed by atoms with Crippen LogP contribution in [0.4, 0.5) is 0 Å². The van der Waals surface area contributed by atoms with Gasteiger partial charge in [-0.15, -0.1) is 0 Å². The SMILES string of the molecule is COC(=O)C1CC=C(c2ccc(OC)c(OC)c2)N1. The summed E-state index contributed by atoms with van der Waals surface area (Å²) in [6.45, 7) is 0. The number of ether oxygens (including phenoxy) is 3. The van der Waals surface area contributed by atoms with Crippen LogP contribution in [0.25, 0.3) is 5.70 Å². The predicted octanol–water partition coefficient (Wildman–Crippen LogP) is 1.58. The van der Waals surface area contributed by atoms with Gasteiger partial charge in [-0.1, -0.05) is 6.08 Å². The average molecular weight is 263 g/mol. The minimum atomic E-state index is -0.312. The third-order valence-electron chi connectivity index (χ3n) is 3.07. The second-order valence-electron chi connectivity index (χ2n) is 4.14. The molecule has 1 aliphatic rings. The van der Waals surface area contributed by atoms with Crippen molar-refractivity contribution in [2.24, 2.45) is 0 Å². The van der Waals surface area contributed by atoms with E-state index in [1.165, 1.54) is 7.11 Å². The van der Waals surface area contributed by atoms with Crippen LogP contribution in [0.2, 0.25) is 0 Å². The zero-order chi connectivity index (χ0) is 13.8. The van der Waals surface area contributed by atoms with E-state index < -0.39 is 0 Å². The second kappa shape index (κ2) is 5.65. The Morgan fingerprint density at radius 1 is 1.21 bits per heavy atom. The molecule has 0 saturated carbocycles. The normalized spacial score (nSPS) is 17.4. The third-order valence-corrected chi connectivity index (χ3v) is 3.07. The Labute approximate surface area is 112 Å². The van der Waals surface area contributed by atoms with Gasteiger partial charge >= 0.3 is 5.97 Å². The lowest BCUT2D eigenvalue weighted by Gasteiger charge is -2.13. The predicted molar refractivity (Wildman–Crippen MR) is 71.1 cm³/mol. The lowest BCUT2D eigenvalue weighted by molar-refractivity contribution is -0.142. The maximum absolute atomic E-state index is 11.5. The molecule has 102 valence electrons. The van der Waals surface area contributed by atoms with E-state index in [2.05, 4.69) is 5.32 Å². The number of carbonyl (C=O) groups is 1. The van der Waals surface area contributed by atoms with Crippen LogP contribution < -0.4 is 14.8 Å². The highest BCUT2D eigenvalue weighted by Crippen LogP contribution is 2.31. The van der Waals surface area contributed by atoms with Gasteiger partial charge in [0.2, 0.25) is 0 Å². The maximum atomic E-state index is 11.5. The van der Waals surface area contributed by atoms with E-state index >= 15 is 0 Å². The van der Waals surface area contributed by atoms with Crippen molar-refractivity contribution in [3.63, 3.8) is 0 Å². The molecule has 1 unspecified atom stereocenters. The third kappa shape index (κ3) is 2.65. The fraction of sp³-hybridized carbons (Fsp3) is 0.357. The number of esters is 1. The molecule has 2 rings (SSSR count). The summed E-state index contributed by atoms with van der Waals surface area (Å²) in [5, 5.41) is 3.14. The molecular weight excluding hydrogens is 246 g/mol. The zero-order valence-corrected chi connectivity index (χ0v) is 11.2. The summed E-state index contributed by atoms with van der Waals surface area (Å²) < 4.78 is 15.2. The number of nitrogens with one attached hydrogen (secondary N) is 1. The fourth-order valence-corrected chi connectivity index (χ4v) is 2.04. The van der Waals surface area contributed by atoms with Gasteiger partial charge in [-0.05, 0) is 24.6 Å². The summed E-state index contributed by atoms with van der Waals surface area (Å²) in [5.41, 5.74) is 1.85. The molecule has 0 radical (unpaired) electrons. The Morgan fingerprint density at radius 2 is 1.95 bits per heavy atom. The van der Waals surface area contributed by atoms with Crippen LogP contribution >= 0.6 is 0 Å². The van der Waals surface area contributed by atoms with Crippen LogP contribution in [-0.2, 0) is 9.53 Å². The molecule has 1 heterocycles. The molecule has 1 N–H and O–H groups in total. The highest BCUT2D eigenvalue weighted by Gasteiger charge is 2.24. The van der Waals surface area contributed by atoms with Crippen molar-refractivity contribution in [2.45, 2.75) is 12.5 Å². The topological polar surface area (TPSA) is 56.8 Å². The Morgan fingerprint density at radius 3 is 2.58 bits per heavy atom. The van der Waals surface area contributed by atoms with Crippen LogP contribution in [-0.4, -0.2) is 33.3 Å². The summed E-state index contributed by atoms with van der Waals surface area (Å²) in [4.78, 5) is 11.5. The zero-order valence-electron chi connectivity index (χ0n) is 11.2. The smallest absolute Gasteiger partial charge is 0.328 e. The van der Waals surface area contributed by atoms with Crippen LogP contribution in [0.5, 0.6) is 11.5 Å². The summed E-state index contributed by atoms with van der Waals surface area (Å²) in [5.74, 6) is 1.07. The molecule has 0 fully saturated rings. The summed E-state index contributed by atoms with van der Waals surface area (Å²) >= 11 is 0. The number of rotatable bonds is 4. The first-order valence-corrected chi connectivity index (χ1v) is 5.96. The van der Waals surface area contributed by atoms with Gasteiger partial charge in [-0.3, -0.25) is 0 Å². The first-order valence-electron chi connectivity index (χ1n) is 5.96. The van der Waals surface area contributed by atoms with Crippen molar-refractivity contribution in [1.29, 1.82) is 0 Å². The van der Waals surface area contributed by atoms with Crippen molar-refractivity contribution in [2.75, 3.05) is 21.3 Å². The van der Waals surface area contributed by atoms with E-state index in [1.54, 1.807) is 14.2 Å². The number of methoxy groups -OCH3 is 3. The molecule has 0 saturated heterocycles. The minimum absolute atomic E-state index is 0.258. The van der Waals surface area contributed by atoms with Gasteiger partial charge in [0.05, 0.1) is 21.3 Å².